The van der Waals surface area contributed by atoms with Crippen LogP contribution in [0.3, 0.4) is 0 Å². The van der Waals surface area contributed by atoms with Crippen LogP contribution in [0, 0.1) is 15.5 Å². The SMILES string of the molecule is CCC1(CNc2nc3sccn3c2[N+](=O)[O-])CCCC1. The zero-order valence-corrected chi connectivity index (χ0v) is 12.3. The molecule has 6 nitrogen and oxygen atoms in total. The van der Waals surface area contributed by atoms with E-state index in [4.69, 9.17) is 0 Å². The molecule has 0 spiro atoms. The first-order valence-corrected chi connectivity index (χ1v) is 7.87. The standard InChI is InChI=1S/C13H18N4O2S/c1-2-13(5-3-4-6-13)9-14-10-11(17(18)19)16-7-8-20-12(16)15-10/h7-8,14H,2-6,9H2,1H3. The van der Waals surface area contributed by atoms with Crippen LogP contribution in [0.5, 0.6) is 0 Å². The van der Waals surface area contributed by atoms with E-state index < -0.39 is 0 Å². The average Bonchev–Trinajstić information content (AvgIpc) is 3.11. The van der Waals surface area contributed by atoms with Crippen LogP contribution < -0.4 is 5.32 Å². The lowest BCUT2D eigenvalue weighted by molar-refractivity contribution is -0.389. The Kier molecular flexibility index (Phi) is 3.37. The molecule has 0 aromatic carbocycles. The third kappa shape index (κ3) is 2.15. The first kappa shape index (κ1) is 13.4. The topological polar surface area (TPSA) is 72.5 Å². The van der Waals surface area contributed by atoms with E-state index in [1.165, 1.54) is 37.0 Å². The van der Waals surface area contributed by atoms with E-state index >= 15 is 0 Å². The molecule has 0 atom stereocenters. The lowest BCUT2D eigenvalue weighted by Crippen LogP contribution is -2.26. The largest absolute Gasteiger partial charge is 0.372 e. The minimum atomic E-state index is -0.359. The smallest absolute Gasteiger partial charge is 0.362 e. The highest BCUT2D eigenvalue weighted by molar-refractivity contribution is 7.15. The highest BCUT2D eigenvalue weighted by Crippen LogP contribution is 2.41. The molecule has 0 saturated heterocycles. The fourth-order valence-corrected chi connectivity index (χ4v) is 3.83. The van der Waals surface area contributed by atoms with Crippen LogP contribution in [0.1, 0.15) is 39.0 Å². The number of anilines is 1. The maximum Gasteiger partial charge on any atom is 0.372 e. The Morgan fingerprint density at radius 1 is 1.55 bits per heavy atom. The zero-order valence-electron chi connectivity index (χ0n) is 11.5. The average molecular weight is 294 g/mol. The molecule has 3 rings (SSSR count). The highest BCUT2D eigenvalue weighted by Gasteiger charge is 2.33. The number of aromatic nitrogens is 2. The molecule has 2 aromatic rings. The molecule has 0 bridgehead atoms. The third-order valence-electron chi connectivity index (χ3n) is 4.45. The van der Waals surface area contributed by atoms with Crippen molar-refractivity contribution in [1.82, 2.24) is 9.38 Å². The summed E-state index contributed by atoms with van der Waals surface area (Å²) in [6.07, 6.45) is 7.72. The molecule has 20 heavy (non-hydrogen) atoms. The summed E-state index contributed by atoms with van der Waals surface area (Å²) in [5.41, 5.74) is 0.283. The quantitative estimate of drug-likeness (QED) is 0.674. The Morgan fingerprint density at radius 2 is 2.30 bits per heavy atom. The van der Waals surface area contributed by atoms with E-state index in [2.05, 4.69) is 17.2 Å². The molecule has 0 radical (unpaired) electrons. The van der Waals surface area contributed by atoms with Gasteiger partial charge in [-0.15, -0.1) is 0 Å². The second-order valence-electron chi connectivity index (χ2n) is 5.51. The summed E-state index contributed by atoms with van der Waals surface area (Å²) in [7, 11) is 0. The maximum absolute atomic E-state index is 11.2. The number of fused-ring (bicyclic) bond motifs is 1. The Balaban J connectivity index is 1.85. The lowest BCUT2D eigenvalue weighted by Gasteiger charge is -2.27. The van der Waals surface area contributed by atoms with Gasteiger partial charge < -0.3 is 15.4 Å². The summed E-state index contributed by atoms with van der Waals surface area (Å²) in [6, 6.07) is 0. The fraction of sp³-hybridized carbons (Fsp3) is 0.615. The molecule has 0 amide bonds. The number of hydrogen-bond acceptors (Lipinski definition) is 5. The lowest BCUT2D eigenvalue weighted by atomic mass is 9.83. The number of nitrogens with one attached hydrogen (secondary N) is 1. The van der Waals surface area contributed by atoms with Crippen LogP contribution in [0.2, 0.25) is 0 Å². The summed E-state index contributed by atoms with van der Waals surface area (Å²) < 4.78 is 1.54. The van der Waals surface area contributed by atoms with E-state index in [1.54, 1.807) is 10.6 Å². The summed E-state index contributed by atoms with van der Waals surface area (Å²) in [6.45, 7) is 2.97. The van der Waals surface area contributed by atoms with Gasteiger partial charge in [0.25, 0.3) is 4.96 Å². The number of hydrogen-bond donors (Lipinski definition) is 1. The van der Waals surface area contributed by atoms with Crippen LogP contribution in [-0.4, -0.2) is 20.9 Å². The molecule has 0 unspecified atom stereocenters. The molecule has 1 aliphatic carbocycles. The van der Waals surface area contributed by atoms with Gasteiger partial charge in [0.2, 0.25) is 5.82 Å². The van der Waals surface area contributed by atoms with Gasteiger partial charge in [-0.05, 0) is 29.6 Å². The minimum Gasteiger partial charge on any atom is -0.362 e. The molecule has 1 fully saturated rings. The molecule has 2 aromatic heterocycles. The predicted octanol–water partition coefficient (Wildman–Crippen LogP) is 3.69. The van der Waals surface area contributed by atoms with Gasteiger partial charge in [-0.25, -0.2) is 0 Å². The van der Waals surface area contributed by atoms with E-state index in [0.717, 1.165) is 13.0 Å². The van der Waals surface area contributed by atoms with Crippen molar-refractivity contribution in [3.63, 3.8) is 0 Å². The summed E-state index contributed by atoms with van der Waals surface area (Å²) >= 11 is 1.41. The van der Waals surface area contributed by atoms with Gasteiger partial charge in [-0.2, -0.15) is 9.38 Å². The van der Waals surface area contributed by atoms with Gasteiger partial charge in [-0.1, -0.05) is 31.1 Å². The first-order valence-electron chi connectivity index (χ1n) is 6.99. The van der Waals surface area contributed by atoms with Gasteiger partial charge in [0.15, 0.2) is 0 Å². The number of nitrogens with zero attached hydrogens (tertiary/aromatic N) is 3. The minimum absolute atomic E-state index is 0.0468. The van der Waals surface area contributed by atoms with Gasteiger partial charge in [0, 0.05) is 11.9 Å². The van der Waals surface area contributed by atoms with Crippen LogP contribution >= 0.6 is 11.3 Å². The summed E-state index contributed by atoms with van der Waals surface area (Å²) in [5.74, 6) is 0.451. The fourth-order valence-electron chi connectivity index (χ4n) is 3.12. The number of imidazole rings is 1. The molecule has 1 saturated carbocycles. The summed E-state index contributed by atoms with van der Waals surface area (Å²) in [4.78, 5) is 15.9. The number of nitro groups is 1. The summed E-state index contributed by atoms with van der Waals surface area (Å²) in [5, 5.41) is 16.3. The Labute approximate surface area is 121 Å². The van der Waals surface area contributed by atoms with Gasteiger partial charge in [0.05, 0.1) is 0 Å². The van der Waals surface area contributed by atoms with Crippen molar-refractivity contribution in [3.05, 3.63) is 21.7 Å². The van der Waals surface area contributed by atoms with E-state index in [0.29, 0.717) is 10.8 Å². The molecule has 7 heteroatoms. The molecule has 0 aliphatic heterocycles. The number of thiazole rings is 1. The van der Waals surface area contributed by atoms with Crippen molar-refractivity contribution in [3.8, 4) is 0 Å². The highest BCUT2D eigenvalue weighted by atomic mass is 32.1. The molecule has 2 heterocycles. The van der Waals surface area contributed by atoms with Gasteiger partial charge >= 0.3 is 5.82 Å². The van der Waals surface area contributed by atoms with Crippen molar-refractivity contribution in [2.45, 2.75) is 39.0 Å². The van der Waals surface area contributed by atoms with Crippen LogP contribution in [0.25, 0.3) is 4.96 Å². The van der Waals surface area contributed by atoms with Gasteiger partial charge in [-0.3, -0.25) is 0 Å². The Bertz CT molecular complexity index is 627. The molecular weight excluding hydrogens is 276 g/mol. The Hall–Kier alpha value is -1.63. The second kappa shape index (κ2) is 5.05. The van der Waals surface area contributed by atoms with Crippen LogP contribution in [0.4, 0.5) is 11.6 Å². The van der Waals surface area contributed by atoms with Gasteiger partial charge in [0.1, 0.15) is 6.20 Å². The van der Waals surface area contributed by atoms with E-state index in [-0.39, 0.29) is 16.2 Å². The van der Waals surface area contributed by atoms with Crippen LogP contribution in [0.15, 0.2) is 11.6 Å². The third-order valence-corrected chi connectivity index (χ3v) is 5.21. The molecule has 1 N–H and O–H groups in total. The van der Waals surface area contributed by atoms with E-state index in [9.17, 15) is 10.1 Å². The normalized spacial score (nSPS) is 17.6. The maximum atomic E-state index is 11.2. The van der Waals surface area contributed by atoms with Crippen molar-refractivity contribution < 1.29 is 4.92 Å². The molecule has 108 valence electrons. The molecular formula is C13H18N4O2S. The molecule has 1 aliphatic rings. The Morgan fingerprint density at radius 3 is 2.95 bits per heavy atom. The zero-order chi connectivity index (χ0) is 14.2. The first-order chi connectivity index (χ1) is 9.65. The second-order valence-corrected chi connectivity index (χ2v) is 6.38. The van der Waals surface area contributed by atoms with Crippen molar-refractivity contribution >= 4 is 27.9 Å². The number of rotatable bonds is 5. The van der Waals surface area contributed by atoms with Crippen molar-refractivity contribution in [2.75, 3.05) is 11.9 Å². The monoisotopic (exact) mass is 294 g/mol. The van der Waals surface area contributed by atoms with E-state index in [1.807, 2.05) is 5.38 Å². The van der Waals surface area contributed by atoms with Crippen molar-refractivity contribution in [1.29, 1.82) is 0 Å². The van der Waals surface area contributed by atoms with Crippen LogP contribution in [-0.2, 0) is 0 Å². The predicted molar refractivity (Wildman–Crippen MR) is 79.4 cm³/mol. The van der Waals surface area contributed by atoms with Crippen molar-refractivity contribution in [2.24, 2.45) is 5.41 Å².